The monoisotopic (exact) mass is 197 g/mol. The summed E-state index contributed by atoms with van der Waals surface area (Å²) < 4.78 is 0. The quantitative estimate of drug-likeness (QED) is 0.661. The van der Waals surface area contributed by atoms with Gasteiger partial charge < -0.3 is 10.4 Å². The molecule has 0 aromatic carbocycles. The van der Waals surface area contributed by atoms with Crippen molar-refractivity contribution in [3.63, 3.8) is 0 Å². The predicted molar refractivity (Wildman–Crippen MR) is 51.7 cm³/mol. The second kappa shape index (κ2) is 4.79. The molecule has 0 saturated heterocycles. The smallest absolute Gasteiger partial charge is 0.326 e. The predicted octanol–water partition coefficient (Wildman–Crippen LogP) is 0.932. The molecule has 78 valence electrons. The zero-order chi connectivity index (χ0) is 10.6. The summed E-state index contributed by atoms with van der Waals surface area (Å²) in [6.07, 6.45) is 6.69. The van der Waals surface area contributed by atoms with E-state index in [4.69, 9.17) is 5.11 Å². The number of carbonyl (C=O) groups is 2. The van der Waals surface area contributed by atoms with Crippen molar-refractivity contribution in [3.8, 4) is 0 Å². The molecule has 0 aromatic rings. The fourth-order valence-electron chi connectivity index (χ4n) is 1.69. The number of aliphatic carboxylic acids is 1. The third-order valence-corrected chi connectivity index (χ3v) is 2.34. The van der Waals surface area contributed by atoms with Gasteiger partial charge in [-0.05, 0) is 19.3 Å². The van der Waals surface area contributed by atoms with Gasteiger partial charge in [-0.2, -0.15) is 0 Å². The number of allylic oxidation sites excluding steroid dienone is 1. The summed E-state index contributed by atoms with van der Waals surface area (Å²) in [5.41, 5.74) is 0. The average Bonchev–Trinajstić information content (AvgIpc) is 2.15. The zero-order valence-corrected chi connectivity index (χ0v) is 8.19. The van der Waals surface area contributed by atoms with Crippen LogP contribution in [0.15, 0.2) is 12.2 Å². The van der Waals surface area contributed by atoms with E-state index >= 15 is 0 Å². The number of nitrogens with one attached hydrogen (secondary N) is 1. The molecule has 0 saturated carbocycles. The Balaban J connectivity index is 2.65. The highest BCUT2D eigenvalue weighted by Crippen LogP contribution is 2.20. The number of carboxylic acid groups (broad SMARTS) is 1. The van der Waals surface area contributed by atoms with Gasteiger partial charge in [0.1, 0.15) is 6.04 Å². The minimum Gasteiger partial charge on any atom is -0.480 e. The van der Waals surface area contributed by atoms with Crippen LogP contribution in [0, 0.1) is 5.92 Å². The van der Waals surface area contributed by atoms with E-state index in [0.29, 0.717) is 0 Å². The van der Waals surface area contributed by atoms with Gasteiger partial charge in [0, 0.05) is 12.8 Å². The minimum absolute atomic E-state index is 0.0647. The van der Waals surface area contributed by atoms with Crippen LogP contribution in [0.2, 0.25) is 0 Å². The van der Waals surface area contributed by atoms with Gasteiger partial charge in [-0.3, -0.25) is 4.79 Å². The highest BCUT2D eigenvalue weighted by Gasteiger charge is 2.27. The first-order valence-corrected chi connectivity index (χ1v) is 4.78. The molecule has 0 unspecified atom stereocenters. The van der Waals surface area contributed by atoms with Crippen LogP contribution in [0.3, 0.4) is 0 Å². The molecule has 14 heavy (non-hydrogen) atoms. The van der Waals surface area contributed by atoms with Crippen molar-refractivity contribution in [2.24, 2.45) is 5.92 Å². The first-order valence-electron chi connectivity index (χ1n) is 4.78. The van der Waals surface area contributed by atoms with Crippen molar-refractivity contribution < 1.29 is 14.7 Å². The molecule has 4 heteroatoms. The summed E-state index contributed by atoms with van der Waals surface area (Å²) in [7, 11) is 0. The molecule has 1 amide bonds. The van der Waals surface area contributed by atoms with Gasteiger partial charge in [0.2, 0.25) is 5.91 Å². The molecule has 1 aliphatic carbocycles. The van der Waals surface area contributed by atoms with Gasteiger partial charge in [-0.25, -0.2) is 4.79 Å². The van der Waals surface area contributed by atoms with E-state index in [9.17, 15) is 9.59 Å². The molecule has 1 rings (SSSR count). The first-order chi connectivity index (χ1) is 6.61. The topological polar surface area (TPSA) is 66.4 Å². The molecule has 0 fully saturated rings. The van der Waals surface area contributed by atoms with E-state index in [1.54, 1.807) is 0 Å². The lowest BCUT2D eigenvalue weighted by molar-refractivity contribution is -0.142. The van der Waals surface area contributed by atoms with E-state index in [0.717, 1.165) is 19.3 Å². The molecule has 0 spiro atoms. The maximum absolute atomic E-state index is 10.9. The van der Waals surface area contributed by atoms with Crippen LogP contribution in [0.4, 0.5) is 0 Å². The lowest BCUT2D eigenvalue weighted by Crippen LogP contribution is -2.44. The second-order valence-electron chi connectivity index (χ2n) is 3.54. The van der Waals surface area contributed by atoms with Crippen molar-refractivity contribution in [3.05, 3.63) is 12.2 Å². The number of hydrogen-bond donors (Lipinski definition) is 2. The largest absolute Gasteiger partial charge is 0.480 e. The highest BCUT2D eigenvalue weighted by atomic mass is 16.4. The number of amides is 1. The number of hydrogen-bond acceptors (Lipinski definition) is 2. The maximum atomic E-state index is 10.9. The lowest BCUT2D eigenvalue weighted by Gasteiger charge is -2.23. The standard InChI is InChI=1S/C10H15NO3/c1-7(12)11-9(10(13)14)8-5-3-2-4-6-8/h3,5,8-9H,2,4,6H2,1H3,(H,11,12)(H,13,14)/t8-,9+/m0/s1. The zero-order valence-electron chi connectivity index (χ0n) is 8.19. The van der Waals surface area contributed by atoms with Crippen LogP contribution in [0.1, 0.15) is 26.2 Å². The van der Waals surface area contributed by atoms with Crippen LogP contribution in [0.5, 0.6) is 0 Å². The Morgan fingerprint density at radius 1 is 1.57 bits per heavy atom. The van der Waals surface area contributed by atoms with Crippen molar-refractivity contribution >= 4 is 11.9 Å². The Bertz CT molecular complexity index is 260. The normalized spacial score (nSPS) is 22.8. The van der Waals surface area contributed by atoms with Crippen molar-refractivity contribution in [2.45, 2.75) is 32.2 Å². The molecule has 0 aliphatic heterocycles. The van der Waals surface area contributed by atoms with Gasteiger partial charge in [-0.1, -0.05) is 12.2 Å². The summed E-state index contributed by atoms with van der Waals surface area (Å²) in [6.45, 7) is 1.34. The molecule has 2 atom stereocenters. The van der Waals surface area contributed by atoms with Crippen molar-refractivity contribution in [1.29, 1.82) is 0 Å². The van der Waals surface area contributed by atoms with Gasteiger partial charge in [0.25, 0.3) is 0 Å². The SMILES string of the molecule is CC(=O)N[C@@H](C(=O)O)[C@H]1C=CCCC1. The van der Waals surface area contributed by atoms with Crippen LogP contribution in [-0.4, -0.2) is 23.0 Å². The Morgan fingerprint density at radius 3 is 2.71 bits per heavy atom. The average molecular weight is 197 g/mol. The van der Waals surface area contributed by atoms with E-state index in [1.807, 2.05) is 12.2 Å². The Hall–Kier alpha value is -1.32. The molecule has 2 N–H and O–H groups in total. The molecular formula is C10H15NO3. The fraction of sp³-hybridized carbons (Fsp3) is 0.600. The van der Waals surface area contributed by atoms with E-state index < -0.39 is 12.0 Å². The van der Waals surface area contributed by atoms with Crippen molar-refractivity contribution in [2.75, 3.05) is 0 Å². The summed E-state index contributed by atoms with van der Waals surface area (Å²) >= 11 is 0. The Morgan fingerprint density at radius 2 is 2.29 bits per heavy atom. The molecule has 0 heterocycles. The van der Waals surface area contributed by atoms with Crippen LogP contribution in [-0.2, 0) is 9.59 Å². The summed E-state index contributed by atoms with van der Waals surface area (Å²) in [6, 6.07) is -0.774. The molecular weight excluding hydrogens is 182 g/mol. The summed E-state index contributed by atoms with van der Waals surface area (Å²) in [4.78, 5) is 21.7. The third kappa shape index (κ3) is 2.87. The van der Waals surface area contributed by atoms with E-state index in [-0.39, 0.29) is 11.8 Å². The summed E-state index contributed by atoms with van der Waals surface area (Å²) in [5.74, 6) is -1.32. The minimum atomic E-state index is -0.961. The summed E-state index contributed by atoms with van der Waals surface area (Å²) in [5, 5.41) is 11.4. The number of carbonyl (C=O) groups excluding carboxylic acids is 1. The molecule has 0 radical (unpaired) electrons. The van der Waals surface area contributed by atoms with Gasteiger partial charge in [-0.15, -0.1) is 0 Å². The van der Waals surface area contributed by atoms with Crippen LogP contribution >= 0.6 is 0 Å². The molecule has 0 aromatic heterocycles. The molecule has 4 nitrogen and oxygen atoms in total. The van der Waals surface area contributed by atoms with E-state index in [2.05, 4.69) is 5.32 Å². The third-order valence-electron chi connectivity index (χ3n) is 2.34. The van der Waals surface area contributed by atoms with Crippen molar-refractivity contribution in [1.82, 2.24) is 5.32 Å². The first kappa shape index (κ1) is 10.8. The molecule has 1 aliphatic rings. The molecule has 0 bridgehead atoms. The maximum Gasteiger partial charge on any atom is 0.326 e. The van der Waals surface area contributed by atoms with Gasteiger partial charge in [0.15, 0.2) is 0 Å². The number of rotatable bonds is 3. The lowest BCUT2D eigenvalue weighted by atomic mass is 9.89. The second-order valence-corrected chi connectivity index (χ2v) is 3.54. The number of carboxylic acids is 1. The van der Waals surface area contributed by atoms with Gasteiger partial charge in [0.05, 0.1) is 0 Å². The Labute approximate surface area is 83.0 Å². The fourth-order valence-corrected chi connectivity index (χ4v) is 1.69. The Kier molecular flexibility index (Phi) is 3.68. The highest BCUT2D eigenvalue weighted by molar-refractivity contribution is 5.82. The van der Waals surface area contributed by atoms with Crippen LogP contribution in [0.25, 0.3) is 0 Å². The van der Waals surface area contributed by atoms with Gasteiger partial charge >= 0.3 is 5.97 Å². The van der Waals surface area contributed by atoms with Crippen LogP contribution < -0.4 is 5.32 Å². The van der Waals surface area contributed by atoms with E-state index in [1.165, 1.54) is 6.92 Å².